The van der Waals surface area contributed by atoms with Gasteiger partial charge in [0.25, 0.3) is 0 Å². The summed E-state index contributed by atoms with van der Waals surface area (Å²) in [5.41, 5.74) is 8.23. The van der Waals surface area contributed by atoms with Gasteiger partial charge in [0.15, 0.2) is 0 Å². The third kappa shape index (κ3) is 3.46. The molecule has 0 bridgehead atoms. The maximum atomic E-state index is 8.82. The fraction of sp³-hybridized carbons (Fsp3) is 0.214. The van der Waals surface area contributed by atoms with Gasteiger partial charge in [-0.05, 0) is 36.2 Å². The molecule has 0 saturated carbocycles. The van der Waals surface area contributed by atoms with E-state index >= 15 is 0 Å². The van der Waals surface area contributed by atoms with Crippen LogP contribution in [0.2, 0.25) is 0 Å². The molecule has 1 aromatic heterocycles. The molecule has 0 aliphatic carbocycles. The molecule has 0 saturated heterocycles. The number of rotatable bonds is 5. The Hall–Kier alpha value is -2.07. The number of hydrogen-bond donors (Lipinski definition) is 2. The highest BCUT2D eigenvalue weighted by Crippen LogP contribution is 2.14. The van der Waals surface area contributed by atoms with Crippen molar-refractivity contribution >= 4 is 5.69 Å². The molecular formula is C14H16N2O2. The van der Waals surface area contributed by atoms with E-state index in [2.05, 4.69) is 4.98 Å². The number of anilines is 1. The molecule has 94 valence electrons. The van der Waals surface area contributed by atoms with E-state index in [4.69, 9.17) is 15.6 Å². The van der Waals surface area contributed by atoms with Crippen molar-refractivity contribution in [2.45, 2.75) is 13.0 Å². The molecule has 4 nitrogen and oxygen atoms in total. The summed E-state index contributed by atoms with van der Waals surface area (Å²) in [6.45, 7) is 0.553. The van der Waals surface area contributed by atoms with Gasteiger partial charge in [-0.25, -0.2) is 0 Å². The van der Waals surface area contributed by atoms with Crippen molar-refractivity contribution < 1.29 is 9.84 Å². The number of benzene rings is 1. The van der Waals surface area contributed by atoms with Crippen molar-refractivity contribution in [1.82, 2.24) is 4.98 Å². The summed E-state index contributed by atoms with van der Waals surface area (Å²) in [6.07, 6.45) is 2.33. The van der Waals surface area contributed by atoms with Crippen molar-refractivity contribution in [2.24, 2.45) is 0 Å². The van der Waals surface area contributed by atoms with Gasteiger partial charge in [-0.2, -0.15) is 0 Å². The van der Waals surface area contributed by atoms with E-state index in [0.29, 0.717) is 18.7 Å². The number of nitrogens with zero attached hydrogens (tertiary/aromatic N) is 1. The van der Waals surface area contributed by atoms with Gasteiger partial charge in [-0.1, -0.05) is 12.1 Å². The Morgan fingerprint density at radius 1 is 1.17 bits per heavy atom. The average Bonchev–Trinajstić information content (AvgIpc) is 2.38. The van der Waals surface area contributed by atoms with Crippen LogP contribution in [-0.4, -0.2) is 16.7 Å². The Bertz CT molecular complexity index is 497. The Morgan fingerprint density at radius 2 is 1.94 bits per heavy atom. The van der Waals surface area contributed by atoms with Crippen molar-refractivity contribution in [1.29, 1.82) is 0 Å². The number of aromatic nitrogens is 1. The molecule has 3 N–H and O–H groups in total. The smallest absolute Gasteiger partial charge is 0.130 e. The summed E-state index contributed by atoms with van der Waals surface area (Å²) in [7, 11) is 0. The van der Waals surface area contributed by atoms with E-state index in [0.717, 1.165) is 17.0 Å². The number of ether oxygens (including phenoxy) is 1. The lowest BCUT2D eigenvalue weighted by Gasteiger charge is -2.07. The monoisotopic (exact) mass is 244 g/mol. The van der Waals surface area contributed by atoms with Crippen LogP contribution in [0, 0.1) is 0 Å². The van der Waals surface area contributed by atoms with E-state index in [-0.39, 0.29) is 6.61 Å². The van der Waals surface area contributed by atoms with Crippen LogP contribution in [0.3, 0.4) is 0 Å². The van der Waals surface area contributed by atoms with Gasteiger partial charge in [0.1, 0.15) is 12.4 Å². The first-order valence-corrected chi connectivity index (χ1v) is 5.81. The Labute approximate surface area is 106 Å². The third-order valence-corrected chi connectivity index (χ3v) is 2.55. The number of aliphatic hydroxyl groups excluding tert-OH is 1. The van der Waals surface area contributed by atoms with Crippen molar-refractivity contribution in [3.05, 3.63) is 53.9 Å². The zero-order valence-corrected chi connectivity index (χ0v) is 10.0. The summed E-state index contributed by atoms with van der Waals surface area (Å²) in [5.74, 6) is 0.779. The van der Waals surface area contributed by atoms with Crippen molar-refractivity contribution in [3.8, 4) is 5.75 Å². The van der Waals surface area contributed by atoms with Crippen LogP contribution in [0.25, 0.3) is 0 Å². The highest BCUT2D eigenvalue weighted by atomic mass is 16.5. The standard InChI is InChI=1S/C14H16N2O2/c15-12-5-7-16-13(9-12)10-18-14-3-1-11(2-4-14)6-8-17/h1-5,7,9,17H,6,8,10H2,(H2,15,16). The summed E-state index contributed by atoms with van der Waals surface area (Å²) < 4.78 is 5.60. The first kappa shape index (κ1) is 12.4. The predicted octanol–water partition coefficient (Wildman–Crippen LogP) is 1.78. The number of aliphatic hydroxyl groups is 1. The highest BCUT2D eigenvalue weighted by Gasteiger charge is 1.98. The van der Waals surface area contributed by atoms with Crippen LogP contribution in [0.15, 0.2) is 42.6 Å². The van der Waals surface area contributed by atoms with Crippen LogP contribution >= 0.6 is 0 Å². The van der Waals surface area contributed by atoms with E-state index in [9.17, 15) is 0 Å². The zero-order chi connectivity index (χ0) is 12.8. The molecule has 0 amide bonds. The van der Waals surface area contributed by atoms with Crippen LogP contribution < -0.4 is 10.5 Å². The Kier molecular flexibility index (Phi) is 4.15. The summed E-state index contributed by atoms with van der Waals surface area (Å²) in [6, 6.07) is 11.2. The van der Waals surface area contributed by atoms with Gasteiger partial charge in [0.2, 0.25) is 0 Å². The normalized spacial score (nSPS) is 10.3. The number of nitrogens with two attached hydrogens (primary N) is 1. The van der Waals surface area contributed by atoms with Crippen LogP contribution in [0.1, 0.15) is 11.3 Å². The lowest BCUT2D eigenvalue weighted by Crippen LogP contribution is -1.99. The molecule has 0 radical (unpaired) electrons. The minimum absolute atomic E-state index is 0.160. The predicted molar refractivity (Wildman–Crippen MR) is 70.2 cm³/mol. The van der Waals surface area contributed by atoms with Crippen molar-refractivity contribution in [2.75, 3.05) is 12.3 Å². The molecule has 4 heteroatoms. The van der Waals surface area contributed by atoms with Crippen molar-refractivity contribution in [3.63, 3.8) is 0 Å². The molecule has 0 aliphatic rings. The molecule has 2 aromatic rings. The molecule has 1 aromatic carbocycles. The minimum atomic E-state index is 0.160. The van der Waals surface area contributed by atoms with E-state index in [1.54, 1.807) is 18.3 Å². The summed E-state index contributed by atoms with van der Waals surface area (Å²) in [5, 5.41) is 8.82. The SMILES string of the molecule is Nc1ccnc(COc2ccc(CCO)cc2)c1. The topological polar surface area (TPSA) is 68.4 Å². The molecule has 1 heterocycles. The molecule has 0 fully saturated rings. The van der Waals surface area contributed by atoms with Gasteiger partial charge in [0.05, 0.1) is 5.69 Å². The number of nitrogen functional groups attached to an aromatic ring is 1. The lowest BCUT2D eigenvalue weighted by atomic mass is 10.1. The Balaban J connectivity index is 1.93. The highest BCUT2D eigenvalue weighted by molar-refractivity contribution is 5.37. The van der Waals surface area contributed by atoms with Crippen LogP contribution in [0.4, 0.5) is 5.69 Å². The zero-order valence-electron chi connectivity index (χ0n) is 10.0. The molecule has 2 rings (SSSR count). The van der Waals surface area contributed by atoms with E-state index in [1.807, 2.05) is 24.3 Å². The molecule has 0 aliphatic heterocycles. The minimum Gasteiger partial charge on any atom is -0.487 e. The van der Waals surface area contributed by atoms with Gasteiger partial charge >= 0.3 is 0 Å². The second-order valence-electron chi connectivity index (χ2n) is 3.99. The van der Waals surface area contributed by atoms with Crippen LogP contribution in [-0.2, 0) is 13.0 Å². The lowest BCUT2D eigenvalue weighted by molar-refractivity contribution is 0.297. The molecule has 18 heavy (non-hydrogen) atoms. The quantitative estimate of drug-likeness (QED) is 0.841. The maximum Gasteiger partial charge on any atom is 0.130 e. The molecule has 0 unspecified atom stereocenters. The molecule has 0 spiro atoms. The first-order valence-electron chi connectivity index (χ1n) is 5.81. The second-order valence-corrected chi connectivity index (χ2v) is 3.99. The number of hydrogen-bond acceptors (Lipinski definition) is 4. The largest absolute Gasteiger partial charge is 0.487 e. The van der Waals surface area contributed by atoms with E-state index < -0.39 is 0 Å². The third-order valence-electron chi connectivity index (χ3n) is 2.55. The number of pyridine rings is 1. The molecular weight excluding hydrogens is 228 g/mol. The maximum absolute atomic E-state index is 8.82. The van der Waals surface area contributed by atoms with Gasteiger partial charge in [-0.3, -0.25) is 4.98 Å². The summed E-state index contributed by atoms with van der Waals surface area (Å²) >= 11 is 0. The first-order chi connectivity index (χ1) is 8.78. The fourth-order valence-corrected chi connectivity index (χ4v) is 1.61. The fourth-order valence-electron chi connectivity index (χ4n) is 1.61. The van der Waals surface area contributed by atoms with E-state index in [1.165, 1.54) is 0 Å². The molecule has 0 atom stereocenters. The average molecular weight is 244 g/mol. The van der Waals surface area contributed by atoms with Crippen LogP contribution in [0.5, 0.6) is 5.75 Å². The van der Waals surface area contributed by atoms with Gasteiger partial charge in [-0.15, -0.1) is 0 Å². The summed E-state index contributed by atoms with van der Waals surface area (Å²) in [4.78, 5) is 4.16. The second kappa shape index (κ2) is 6.02. The Morgan fingerprint density at radius 3 is 2.61 bits per heavy atom. The van der Waals surface area contributed by atoms with Gasteiger partial charge < -0.3 is 15.6 Å². The van der Waals surface area contributed by atoms with Gasteiger partial charge in [0, 0.05) is 18.5 Å².